The Hall–Kier alpha value is -1.82. The monoisotopic (exact) mass is 269 g/mol. The predicted octanol–water partition coefficient (Wildman–Crippen LogP) is 1.85. The van der Waals surface area contributed by atoms with Gasteiger partial charge in [0.15, 0.2) is 17.3 Å². The fraction of sp³-hybridized carbons (Fsp3) is 0.462. The Morgan fingerprint density at radius 2 is 2.16 bits per heavy atom. The van der Waals surface area contributed by atoms with E-state index >= 15 is 0 Å². The minimum atomic E-state index is -0.926. The van der Waals surface area contributed by atoms with Crippen LogP contribution in [0.5, 0.6) is 11.5 Å². The SMILES string of the molecule is NC(CCC(=O)O)c1cc(F)c2c(c1)OCCCO2. The first-order chi connectivity index (χ1) is 9.08. The van der Waals surface area contributed by atoms with E-state index in [9.17, 15) is 9.18 Å². The molecule has 1 atom stereocenters. The van der Waals surface area contributed by atoms with E-state index < -0.39 is 17.8 Å². The Morgan fingerprint density at radius 3 is 2.89 bits per heavy atom. The van der Waals surface area contributed by atoms with Crippen LogP contribution in [0.1, 0.15) is 30.9 Å². The van der Waals surface area contributed by atoms with Crippen LogP contribution in [0.2, 0.25) is 0 Å². The number of ether oxygens (including phenoxy) is 2. The highest BCUT2D eigenvalue weighted by Gasteiger charge is 2.19. The number of carbonyl (C=O) groups is 1. The Bertz CT molecular complexity index is 478. The second-order valence-corrected chi connectivity index (χ2v) is 4.42. The molecule has 19 heavy (non-hydrogen) atoms. The summed E-state index contributed by atoms with van der Waals surface area (Å²) in [4.78, 5) is 10.5. The molecule has 0 aliphatic carbocycles. The van der Waals surface area contributed by atoms with Gasteiger partial charge in [0.05, 0.1) is 13.2 Å². The van der Waals surface area contributed by atoms with Crippen molar-refractivity contribution in [3.63, 3.8) is 0 Å². The zero-order valence-corrected chi connectivity index (χ0v) is 10.4. The molecule has 0 amide bonds. The molecule has 0 spiro atoms. The largest absolute Gasteiger partial charge is 0.489 e. The zero-order valence-electron chi connectivity index (χ0n) is 10.4. The molecule has 0 saturated carbocycles. The lowest BCUT2D eigenvalue weighted by Crippen LogP contribution is -2.13. The van der Waals surface area contributed by atoms with Crippen LogP contribution in [0.4, 0.5) is 4.39 Å². The molecule has 0 radical (unpaired) electrons. The van der Waals surface area contributed by atoms with Crippen molar-refractivity contribution in [2.24, 2.45) is 5.73 Å². The molecule has 0 fully saturated rings. The molecule has 0 aromatic heterocycles. The summed E-state index contributed by atoms with van der Waals surface area (Å²) in [7, 11) is 0. The molecule has 1 aliphatic rings. The highest BCUT2D eigenvalue weighted by molar-refractivity contribution is 5.66. The highest BCUT2D eigenvalue weighted by Crippen LogP contribution is 2.35. The van der Waals surface area contributed by atoms with Gasteiger partial charge in [-0.2, -0.15) is 0 Å². The van der Waals surface area contributed by atoms with Crippen molar-refractivity contribution in [1.82, 2.24) is 0 Å². The molecule has 1 unspecified atom stereocenters. The summed E-state index contributed by atoms with van der Waals surface area (Å²) in [6.07, 6.45) is 0.875. The molecule has 5 nitrogen and oxygen atoms in total. The summed E-state index contributed by atoms with van der Waals surface area (Å²) in [5.41, 5.74) is 6.37. The fourth-order valence-corrected chi connectivity index (χ4v) is 1.91. The lowest BCUT2D eigenvalue weighted by Gasteiger charge is -2.15. The first-order valence-corrected chi connectivity index (χ1v) is 6.14. The molecular weight excluding hydrogens is 253 g/mol. The average molecular weight is 269 g/mol. The van der Waals surface area contributed by atoms with Gasteiger partial charge in [0, 0.05) is 18.9 Å². The van der Waals surface area contributed by atoms with E-state index in [0.717, 1.165) is 0 Å². The van der Waals surface area contributed by atoms with Gasteiger partial charge in [-0.15, -0.1) is 0 Å². The van der Waals surface area contributed by atoms with E-state index in [4.69, 9.17) is 20.3 Å². The van der Waals surface area contributed by atoms with E-state index in [1.807, 2.05) is 0 Å². The van der Waals surface area contributed by atoms with E-state index in [-0.39, 0.29) is 18.6 Å². The number of benzene rings is 1. The summed E-state index contributed by atoms with van der Waals surface area (Å²) in [6.45, 7) is 0.870. The Morgan fingerprint density at radius 1 is 1.42 bits per heavy atom. The lowest BCUT2D eigenvalue weighted by molar-refractivity contribution is -0.137. The van der Waals surface area contributed by atoms with E-state index in [1.54, 1.807) is 6.07 Å². The fourth-order valence-electron chi connectivity index (χ4n) is 1.91. The number of nitrogens with two attached hydrogens (primary N) is 1. The quantitative estimate of drug-likeness (QED) is 0.871. The molecule has 104 valence electrons. The minimum Gasteiger partial charge on any atom is -0.489 e. The third-order valence-corrected chi connectivity index (χ3v) is 2.92. The maximum Gasteiger partial charge on any atom is 0.303 e. The molecule has 3 N–H and O–H groups in total. The van der Waals surface area contributed by atoms with Crippen LogP contribution in [-0.4, -0.2) is 24.3 Å². The van der Waals surface area contributed by atoms with Crippen LogP contribution >= 0.6 is 0 Å². The number of carboxylic acids is 1. The maximum absolute atomic E-state index is 13.9. The average Bonchev–Trinajstić information content (AvgIpc) is 2.61. The number of hydrogen-bond donors (Lipinski definition) is 2. The zero-order chi connectivity index (χ0) is 13.8. The van der Waals surface area contributed by atoms with Crippen molar-refractivity contribution in [1.29, 1.82) is 0 Å². The van der Waals surface area contributed by atoms with Gasteiger partial charge in [-0.05, 0) is 24.1 Å². The standard InChI is InChI=1S/C13H16FNO4/c14-9-6-8(10(15)2-3-12(16)17)7-11-13(9)19-5-1-4-18-11/h6-7,10H,1-5,15H2,(H,16,17). The van der Waals surface area contributed by atoms with Crippen molar-refractivity contribution >= 4 is 5.97 Å². The van der Waals surface area contributed by atoms with Gasteiger partial charge in [-0.3, -0.25) is 4.79 Å². The van der Waals surface area contributed by atoms with Gasteiger partial charge >= 0.3 is 5.97 Å². The maximum atomic E-state index is 13.9. The second-order valence-electron chi connectivity index (χ2n) is 4.42. The van der Waals surface area contributed by atoms with Crippen LogP contribution in [0.3, 0.4) is 0 Å². The second kappa shape index (κ2) is 5.88. The Balaban J connectivity index is 2.20. The third kappa shape index (κ3) is 3.35. The van der Waals surface area contributed by atoms with E-state index in [2.05, 4.69) is 0 Å². The van der Waals surface area contributed by atoms with Gasteiger partial charge in [-0.25, -0.2) is 4.39 Å². The van der Waals surface area contributed by atoms with Gasteiger partial charge in [-0.1, -0.05) is 0 Å². The topological polar surface area (TPSA) is 81.8 Å². The van der Waals surface area contributed by atoms with Crippen LogP contribution in [0, 0.1) is 5.82 Å². The Kier molecular flexibility index (Phi) is 4.21. The summed E-state index contributed by atoms with van der Waals surface area (Å²) in [5.74, 6) is -1.02. The summed E-state index contributed by atoms with van der Waals surface area (Å²) in [6, 6.07) is 2.36. The molecule has 2 rings (SSSR count). The van der Waals surface area contributed by atoms with Gasteiger partial charge in [0.1, 0.15) is 0 Å². The van der Waals surface area contributed by atoms with Crippen LogP contribution in [-0.2, 0) is 4.79 Å². The normalized spacial score (nSPS) is 15.7. The van der Waals surface area contributed by atoms with Gasteiger partial charge in [0.2, 0.25) is 0 Å². The van der Waals surface area contributed by atoms with Gasteiger partial charge < -0.3 is 20.3 Å². The summed E-state index contributed by atoms with van der Waals surface area (Å²) < 4.78 is 24.6. The van der Waals surface area contributed by atoms with Crippen molar-refractivity contribution in [2.75, 3.05) is 13.2 Å². The molecule has 0 saturated heterocycles. The van der Waals surface area contributed by atoms with E-state index in [0.29, 0.717) is 30.9 Å². The molecule has 1 aromatic carbocycles. The Labute approximate surface area is 110 Å². The summed E-state index contributed by atoms with van der Waals surface area (Å²) >= 11 is 0. The smallest absolute Gasteiger partial charge is 0.303 e. The van der Waals surface area contributed by atoms with Crippen LogP contribution in [0.15, 0.2) is 12.1 Å². The number of rotatable bonds is 4. The summed E-state index contributed by atoms with van der Waals surface area (Å²) in [5, 5.41) is 8.62. The van der Waals surface area contributed by atoms with Crippen molar-refractivity contribution < 1.29 is 23.8 Å². The number of carboxylic acid groups (broad SMARTS) is 1. The van der Waals surface area contributed by atoms with Crippen LogP contribution in [0.25, 0.3) is 0 Å². The van der Waals surface area contributed by atoms with Gasteiger partial charge in [0.25, 0.3) is 0 Å². The first-order valence-electron chi connectivity index (χ1n) is 6.14. The molecule has 1 aromatic rings. The molecule has 6 heteroatoms. The number of aliphatic carboxylic acids is 1. The predicted molar refractivity (Wildman–Crippen MR) is 65.8 cm³/mol. The lowest BCUT2D eigenvalue weighted by atomic mass is 10.0. The van der Waals surface area contributed by atoms with Crippen molar-refractivity contribution in [3.05, 3.63) is 23.5 Å². The molecule has 1 aliphatic heterocycles. The van der Waals surface area contributed by atoms with E-state index in [1.165, 1.54) is 6.07 Å². The third-order valence-electron chi connectivity index (χ3n) is 2.92. The first kappa shape index (κ1) is 13.6. The number of hydrogen-bond acceptors (Lipinski definition) is 4. The molecule has 1 heterocycles. The number of fused-ring (bicyclic) bond motifs is 1. The van der Waals surface area contributed by atoms with Crippen LogP contribution < -0.4 is 15.2 Å². The molecular formula is C13H16FNO4. The molecule has 0 bridgehead atoms. The number of halogens is 1. The van der Waals surface area contributed by atoms with Crippen molar-refractivity contribution in [2.45, 2.75) is 25.3 Å². The highest BCUT2D eigenvalue weighted by atomic mass is 19.1. The minimum absolute atomic E-state index is 0.0583. The van der Waals surface area contributed by atoms with Crippen molar-refractivity contribution in [3.8, 4) is 11.5 Å².